The van der Waals surface area contributed by atoms with Crippen molar-refractivity contribution in [1.29, 1.82) is 0 Å². The first-order valence-corrected chi connectivity index (χ1v) is 14.3. The number of piperazine rings is 1. The first-order valence-electron chi connectivity index (χ1n) is 14.3. The van der Waals surface area contributed by atoms with E-state index in [1.54, 1.807) is 0 Å². The van der Waals surface area contributed by atoms with Gasteiger partial charge in [-0.1, -0.05) is 37.1 Å². The zero-order valence-corrected chi connectivity index (χ0v) is 22.4. The Morgan fingerprint density at radius 2 is 1.86 bits per heavy atom. The molecule has 5 atom stereocenters. The Balaban J connectivity index is 1.13. The van der Waals surface area contributed by atoms with E-state index in [4.69, 9.17) is 0 Å². The third-order valence-corrected chi connectivity index (χ3v) is 10.9. The third kappa shape index (κ3) is 4.07. The van der Waals surface area contributed by atoms with Crippen LogP contribution in [-0.2, 0) is 16.1 Å². The predicted molar refractivity (Wildman–Crippen MR) is 143 cm³/mol. The van der Waals surface area contributed by atoms with Gasteiger partial charge >= 0.3 is 0 Å². The molecule has 1 aromatic rings. The normalized spacial score (nSPS) is 38.3. The van der Waals surface area contributed by atoms with Gasteiger partial charge in [0.2, 0.25) is 0 Å². The molecule has 198 valence electrons. The monoisotopic (exact) mass is 503 g/mol. The van der Waals surface area contributed by atoms with Crippen molar-refractivity contribution in [2.45, 2.75) is 70.9 Å². The first kappa shape index (κ1) is 25.1. The second-order valence-corrected chi connectivity index (χ2v) is 12.7. The summed E-state index contributed by atoms with van der Waals surface area (Å²) >= 11 is 0. The van der Waals surface area contributed by atoms with Crippen LogP contribution in [0.1, 0.15) is 64.5 Å². The fraction of sp³-hybridized carbons (Fsp3) is 0.645. The van der Waals surface area contributed by atoms with Crippen molar-refractivity contribution < 1.29 is 14.7 Å². The lowest BCUT2D eigenvalue weighted by atomic mass is 9.50. The summed E-state index contributed by atoms with van der Waals surface area (Å²) in [6, 6.07) is 6.02. The van der Waals surface area contributed by atoms with E-state index in [2.05, 4.69) is 40.8 Å². The molecular weight excluding hydrogens is 462 g/mol. The molecule has 0 aromatic carbocycles. The Labute approximate surface area is 220 Å². The molecule has 0 unspecified atom stereocenters. The molecule has 1 saturated heterocycles. The predicted octanol–water partition coefficient (Wildman–Crippen LogP) is 3.95. The molecular formula is C31H41N3O3. The van der Waals surface area contributed by atoms with E-state index in [1.165, 1.54) is 11.1 Å². The largest absolute Gasteiger partial charge is 0.381 e. The van der Waals surface area contributed by atoms with E-state index in [0.717, 1.165) is 70.5 Å². The van der Waals surface area contributed by atoms with Gasteiger partial charge in [-0.2, -0.15) is 0 Å². The van der Waals surface area contributed by atoms with Crippen LogP contribution < -0.4 is 0 Å². The molecule has 6 nitrogen and oxygen atoms in total. The zero-order chi connectivity index (χ0) is 25.8. The second-order valence-electron chi connectivity index (χ2n) is 12.7. The Bertz CT molecular complexity index is 1140. The average Bonchev–Trinajstić information content (AvgIpc) is 3.18. The van der Waals surface area contributed by atoms with E-state index < -0.39 is 11.0 Å². The van der Waals surface area contributed by atoms with Crippen LogP contribution in [0.4, 0.5) is 0 Å². The van der Waals surface area contributed by atoms with Gasteiger partial charge in [0.05, 0.1) is 12.2 Å². The smallest absolute Gasteiger partial charge is 0.178 e. The average molecular weight is 504 g/mol. The standard InChI is InChI=1S/C31H41N3O3/c1-29-11-8-24(35)19-22(29)6-7-25-26(29)9-12-30(2)27(25)10-13-31(30,37)28(36)21-34-17-15-33(16-18-34)20-23-5-3-4-14-32-23/h3-5,9,14,19,25,27,37H,6-8,10-13,15-18,20-21H2,1-2H3/t25-,27+,29+,30+,31+/m1/s1. The van der Waals surface area contributed by atoms with E-state index >= 15 is 0 Å². The number of hydrogen-bond acceptors (Lipinski definition) is 6. The molecule has 37 heavy (non-hydrogen) atoms. The first-order chi connectivity index (χ1) is 17.7. The summed E-state index contributed by atoms with van der Waals surface area (Å²) in [7, 11) is 0. The lowest BCUT2D eigenvalue weighted by molar-refractivity contribution is -0.154. The molecule has 0 radical (unpaired) electrons. The number of pyridine rings is 1. The van der Waals surface area contributed by atoms with Gasteiger partial charge in [-0.05, 0) is 68.6 Å². The molecule has 1 aliphatic heterocycles. The molecule has 5 aliphatic rings. The molecule has 0 bridgehead atoms. The van der Waals surface area contributed by atoms with Gasteiger partial charge in [0.15, 0.2) is 11.6 Å². The molecule has 2 heterocycles. The van der Waals surface area contributed by atoms with E-state index in [0.29, 0.717) is 31.2 Å². The summed E-state index contributed by atoms with van der Waals surface area (Å²) < 4.78 is 0. The van der Waals surface area contributed by atoms with Crippen LogP contribution in [0.15, 0.2) is 47.7 Å². The van der Waals surface area contributed by atoms with Gasteiger partial charge in [-0.15, -0.1) is 0 Å². The van der Waals surface area contributed by atoms with Crippen LogP contribution in [0.25, 0.3) is 0 Å². The van der Waals surface area contributed by atoms with Gasteiger partial charge in [0, 0.05) is 56.2 Å². The zero-order valence-electron chi connectivity index (χ0n) is 22.4. The molecule has 0 amide bonds. The highest BCUT2D eigenvalue weighted by Gasteiger charge is 2.64. The highest BCUT2D eigenvalue weighted by molar-refractivity contribution is 5.92. The number of aliphatic hydroxyl groups is 1. The van der Waals surface area contributed by atoms with Gasteiger partial charge < -0.3 is 5.11 Å². The number of aromatic nitrogens is 1. The van der Waals surface area contributed by atoms with Crippen molar-refractivity contribution in [2.75, 3.05) is 32.7 Å². The van der Waals surface area contributed by atoms with Crippen LogP contribution in [-0.4, -0.2) is 69.8 Å². The van der Waals surface area contributed by atoms with Crippen molar-refractivity contribution in [3.63, 3.8) is 0 Å². The molecule has 1 N–H and O–H groups in total. The van der Waals surface area contributed by atoms with Gasteiger partial charge in [-0.25, -0.2) is 0 Å². The number of carbonyl (C=O) groups is 2. The number of hydrogen-bond donors (Lipinski definition) is 1. The minimum atomic E-state index is -1.26. The van der Waals surface area contributed by atoms with Crippen LogP contribution >= 0.6 is 0 Å². The number of carbonyl (C=O) groups excluding carboxylic acids is 2. The van der Waals surface area contributed by atoms with Crippen molar-refractivity contribution in [2.24, 2.45) is 22.7 Å². The van der Waals surface area contributed by atoms with Crippen LogP contribution in [0.5, 0.6) is 0 Å². The van der Waals surface area contributed by atoms with E-state index in [-0.39, 0.29) is 17.0 Å². The molecule has 6 rings (SSSR count). The van der Waals surface area contributed by atoms with E-state index in [1.807, 2.05) is 24.4 Å². The lowest BCUT2D eigenvalue weighted by Crippen LogP contribution is -2.58. The molecule has 2 saturated carbocycles. The lowest BCUT2D eigenvalue weighted by Gasteiger charge is -2.54. The molecule has 3 fully saturated rings. The van der Waals surface area contributed by atoms with Gasteiger partial charge in [-0.3, -0.25) is 24.4 Å². The summed E-state index contributed by atoms with van der Waals surface area (Å²) in [5.41, 5.74) is 2.18. The minimum absolute atomic E-state index is 0.0124. The van der Waals surface area contributed by atoms with E-state index in [9.17, 15) is 14.7 Å². The number of Topliss-reactive ketones (excluding diaryl/α,β-unsaturated/α-hetero) is 1. The number of ketones is 2. The fourth-order valence-corrected chi connectivity index (χ4v) is 8.49. The summed E-state index contributed by atoms with van der Waals surface area (Å²) in [5, 5.41) is 12.0. The molecule has 0 spiro atoms. The maximum absolute atomic E-state index is 13.8. The molecule has 1 aromatic heterocycles. The summed E-state index contributed by atoms with van der Waals surface area (Å²) in [4.78, 5) is 34.9. The molecule has 6 heteroatoms. The number of fused-ring (bicyclic) bond motifs is 5. The topological polar surface area (TPSA) is 73.7 Å². The summed E-state index contributed by atoms with van der Waals surface area (Å²) in [5.74, 6) is 1.02. The number of nitrogens with zero attached hydrogens (tertiary/aromatic N) is 3. The number of rotatable bonds is 5. The maximum Gasteiger partial charge on any atom is 0.178 e. The minimum Gasteiger partial charge on any atom is -0.381 e. The van der Waals surface area contributed by atoms with Crippen molar-refractivity contribution in [3.05, 3.63) is 53.4 Å². The Kier molecular flexibility index (Phi) is 6.28. The van der Waals surface area contributed by atoms with Crippen molar-refractivity contribution >= 4 is 11.6 Å². The van der Waals surface area contributed by atoms with Crippen LogP contribution in [0.2, 0.25) is 0 Å². The number of allylic oxidation sites excluding steroid dienone is 4. The fourth-order valence-electron chi connectivity index (χ4n) is 8.49. The maximum atomic E-state index is 13.8. The van der Waals surface area contributed by atoms with Crippen molar-refractivity contribution in [3.8, 4) is 0 Å². The van der Waals surface area contributed by atoms with Gasteiger partial charge in [0.25, 0.3) is 0 Å². The Morgan fingerprint density at radius 1 is 1.08 bits per heavy atom. The second kappa shape index (κ2) is 9.25. The SMILES string of the molecule is C[C@]12CCC(=O)C=C1CC[C@@H]1C2=CC[C@@]2(C)[C@H]1CC[C@]2(O)C(=O)CN1CCN(Cc2ccccn2)CC1. The molecule has 4 aliphatic carbocycles. The summed E-state index contributed by atoms with van der Waals surface area (Å²) in [6.07, 6.45) is 11.9. The highest BCUT2D eigenvalue weighted by atomic mass is 16.3. The Morgan fingerprint density at radius 3 is 2.62 bits per heavy atom. The highest BCUT2D eigenvalue weighted by Crippen LogP contribution is 2.65. The van der Waals surface area contributed by atoms with Crippen LogP contribution in [0, 0.1) is 22.7 Å². The quantitative estimate of drug-likeness (QED) is 0.614. The van der Waals surface area contributed by atoms with Crippen molar-refractivity contribution in [1.82, 2.24) is 14.8 Å². The third-order valence-electron chi connectivity index (χ3n) is 10.9. The summed E-state index contributed by atoms with van der Waals surface area (Å²) in [6.45, 7) is 9.18. The van der Waals surface area contributed by atoms with Crippen LogP contribution in [0.3, 0.4) is 0 Å². The Hall–Kier alpha value is -2.15. The van der Waals surface area contributed by atoms with Gasteiger partial charge in [0.1, 0.15) is 5.60 Å².